The summed E-state index contributed by atoms with van der Waals surface area (Å²) in [5.41, 5.74) is -0.203. The molecule has 4 aromatic rings. The summed E-state index contributed by atoms with van der Waals surface area (Å²) in [6, 6.07) is 9.89. The monoisotopic (exact) mass is 1160 g/mol. The van der Waals surface area contributed by atoms with Crippen molar-refractivity contribution in [2.45, 2.75) is 193 Å². The summed E-state index contributed by atoms with van der Waals surface area (Å²) in [6.07, 6.45) is -0.756. The van der Waals surface area contributed by atoms with Crippen molar-refractivity contribution in [1.82, 2.24) is 45.2 Å². The first-order chi connectivity index (χ1) is 37.5. The maximum Gasteiger partial charge on any atom is 0.408 e. The average molecular weight is 1160 g/mol. The Labute approximate surface area is 475 Å². The number of ether oxygens (including phenoxy) is 3. The lowest BCUT2D eigenvalue weighted by molar-refractivity contribution is -0.147. The molecule has 2 aromatic heterocycles. The van der Waals surface area contributed by atoms with Crippen LogP contribution in [0.2, 0.25) is 36.3 Å². The van der Waals surface area contributed by atoms with E-state index in [4.69, 9.17) is 23.1 Å². The zero-order chi connectivity index (χ0) is 60.3. The Kier molecular flexibility index (Phi) is 19.3. The van der Waals surface area contributed by atoms with Crippen LogP contribution >= 0.6 is 0 Å². The fraction of sp³-hybridized carbons (Fsp3) is 0.544. The van der Waals surface area contributed by atoms with E-state index in [0.29, 0.717) is 5.56 Å². The lowest BCUT2D eigenvalue weighted by atomic mass is 10.0. The number of H-pyrrole nitrogens is 1. The normalized spacial score (nSPS) is 22.0. The number of aromatic amines is 1. The van der Waals surface area contributed by atoms with Crippen LogP contribution in [0.15, 0.2) is 94.6 Å². The summed E-state index contributed by atoms with van der Waals surface area (Å²) in [4.78, 5) is 121. The number of imide groups is 1. The van der Waals surface area contributed by atoms with Crippen LogP contribution < -0.4 is 32.5 Å². The van der Waals surface area contributed by atoms with Crippen LogP contribution in [-0.4, -0.2) is 131 Å². The molecule has 2 aromatic carbocycles. The molecule has 5 N–H and O–H groups in total. The van der Waals surface area contributed by atoms with E-state index in [1.165, 1.54) is 44.6 Å². The number of carbonyl (C=O) groups excluding carboxylic acids is 6. The Hall–Kier alpha value is -6.87. The summed E-state index contributed by atoms with van der Waals surface area (Å²) in [5.74, 6) is -3.71. The van der Waals surface area contributed by atoms with Gasteiger partial charge < -0.3 is 54.2 Å². The summed E-state index contributed by atoms with van der Waals surface area (Å²) in [6.45, 7) is 29.2. The Morgan fingerprint density at radius 2 is 1.43 bits per heavy atom. The third-order valence-electron chi connectivity index (χ3n) is 15.6. The molecule has 8 atom stereocenters. The minimum absolute atomic E-state index is 0.0919. The number of aromatic nitrogens is 3. The minimum Gasteiger partial charge on any atom is -0.467 e. The molecule has 6 rings (SSSR count). The highest BCUT2D eigenvalue weighted by Crippen LogP contribution is 2.47. The lowest BCUT2D eigenvalue weighted by Crippen LogP contribution is -2.62. The van der Waals surface area contributed by atoms with Crippen molar-refractivity contribution in [2.24, 2.45) is 0 Å². The maximum atomic E-state index is 16.0. The Bertz CT molecular complexity index is 3120. The molecule has 442 valence electrons. The largest absolute Gasteiger partial charge is 0.467 e. The van der Waals surface area contributed by atoms with Crippen LogP contribution in [0.25, 0.3) is 10.9 Å². The quantitative estimate of drug-likeness (QED) is 0.0577. The van der Waals surface area contributed by atoms with Crippen molar-refractivity contribution in [2.75, 3.05) is 7.05 Å². The van der Waals surface area contributed by atoms with Gasteiger partial charge in [-0.25, -0.2) is 19.0 Å². The van der Waals surface area contributed by atoms with Crippen LogP contribution in [-0.2, 0) is 62.0 Å². The predicted octanol–water partition coefficient (Wildman–Crippen LogP) is 6.73. The van der Waals surface area contributed by atoms with Crippen molar-refractivity contribution < 1.29 is 51.8 Å². The highest BCUT2D eigenvalue weighted by molar-refractivity contribution is 6.74. The molecule has 2 aliphatic heterocycles. The van der Waals surface area contributed by atoms with Crippen molar-refractivity contribution in [1.29, 1.82) is 0 Å². The molecule has 2 fully saturated rings. The van der Waals surface area contributed by atoms with Gasteiger partial charge in [0.05, 0.1) is 18.8 Å². The Morgan fingerprint density at radius 3 is 2.06 bits per heavy atom. The Balaban J connectivity index is 1.59. The molecule has 0 aliphatic carbocycles. The number of likely N-dealkylation sites (N-methyl/N-ethyl adjacent to an activating group) is 1. The number of rotatable bonds is 16. The van der Waals surface area contributed by atoms with Gasteiger partial charge in [-0.2, -0.15) is 0 Å². The van der Waals surface area contributed by atoms with E-state index in [1.807, 2.05) is 122 Å². The molecule has 4 heterocycles. The third-order valence-corrected chi connectivity index (χ3v) is 24.5. The topological polar surface area (TPSA) is 263 Å². The van der Waals surface area contributed by atoms with E-state index >= 15 is 9.59 Å². The van der Waals surface area contributed by atoms with Gasteiger partial charge in [0.2, 0.25) is 18.0 Å². The first-order valence-electron chi connectivity index (χ1n) is 27.2. The molecule has 0 saturated carbocycles. The molecule has 0 bridgehead atoms. The van der Waals surface area contributed by atoms with Gasteiger partial charge in [0.25, 0.3) is 17.4 Å². The van der Waals surface area contributed by atoms with Crippen molar-refractivity contribution in [3.8, 4) is 0 Å². The smallest absolute Gasteiger partial charge is 0.408 e. The van der Waals surface area contributed by atoms with Crippen LogP contribution in [0.3, 0.4) is 0 Å². The van der Waals surface area contributed by atoms with Gasteiger partial charge in [-0.1, -0.05) is 90.1 Å². The number of amides is 7. The van der Waals surface area contributed by atoms with Crippen molar-refractivity contribution >= 4 is 63.3 Å². The second-order valence-corrected chi connectivity index (χ2v) is 34.5. The van der Waals surface area contributed by atoms with Gasteiger partial charge in [-0.15, -0.1) is 0 Å². The number of nitrogens with one attached hydrogen (secondary N) is 5. The standard InChI is InChI=1S/C57H83N9O13Si2/c1-34-47(68)62-44(36(3)63(13)48(69)35(2)60-53(73)77-55(4,5)6)50(71)65(49(70)41(61-52(72)59-34)29-38-30-58-40-26-22-21-25-39(38)40)31-42-45(78-80(14,15)56(7,8)9)46(79-81(16,17)57(10,11)12)51(76-42)64-28-27-43(67)66(54(64)74)33-75-32-37-23-19-18-20-24-37/h18-28,30-31,34-36,41,44-46,51,58H,29,32-33H2,1-17H3,(H,60,73)(H,62,68)(H2,59,61,72)/b42-31-/t34-,35-,36-,41-,44-,45+,46+,51+/m0/s1. The third kappa shape index (κ3) is 15.0. The fourth-order valence-electron chi connectivity index (χ4n) is 8.64. The van der Waals surface area contributed by atoms with Gasteiger partial charge in [0.1, 0.15) is 54.5 Å². The first-order valence-corrected chi connectivity index (χ1v) is 33.1. The number of alkyl carbamates (subject to hydrolysis) is 1. The van der Waals surface area contributed by atoms with Crippen LogP contribution in [0.1, 0.15) is 100 Å². The highest BCUT2D eigenvalue weighted by Gasteiger charge is 2.54. The van der Waals surface area contributed by atoms with E-state index in [-0.39, 0.29) is 18.8 Å². The predicted molar refractivity (Wildman–Crippen MR) is 310 cm³/mol. The molecule has 22 nitrogen and oxygen atoms in total. The van der Waals surface area contributed by atoms with Crippen LogP contribution in [0, 0.1) is 0 Å². The zero-order valence-electron chi connectivity index (χ0n) is 49.8. The molecule has 0 unspecified atom stereocenters. The maximum absolute atomic E-state index is 16.0. The van der Waals surface area contributed by atoms with Gasteiger partial charge in [0, 0.05) is 42.8 Å². The second-order valence-electron chi connectivity index (χ2n) is 25.0. The lowest BCUT2D eigenvalue weighted by Gasteiger charge is -2.43. The molecular weight excluding hydrogens is 1070 g/mol. The molecule has 24 heteroatoms. The van der Waals surface area contributed by atoms with Crippen LogP contribution in [0.5, 0.6) is 0 Å². The number of hydrogen-bond acceptors (Lipinski definition) is 13. The summed E-state index contributed by atoms with van der Waals surface area (Å²) in [7, 11) is -4.53. The number of nitrogens with zero attached hydrogens (tertiary/aromatic N) is 4. The SMILES string of the molecule is C[C@@H]1NC(=O)N[C@@H](Cc2c[nH]c3ccccc23)C(=O)N(/C=C2\O[C@@H](n3ccc(=O)n(COCc4ccccc4)c3=O)[C@H](O[Si](C)(C)C(C)(C)C)[C@@H]2O[Si](C)(C)C(C)(C)C)C(=O)[C@H]([C@H](C)N(C)C(=O)[C@H](C)NC(=O)OC(C)(C)C)NC1=O. The molecule has 2 saturated heterocycles. The van der Waals surface area contributed by atoms with Gasteiger partial charge in [0.15, 0.2) is 16.6 Å². The van der Waals surface area contributed by atoms with Crippen LogP contribution in [0.4, 0.5) is 9.59 Å². The number of hydrogen-bond donors (Lipinski definition) is 5. The van der Waals surface area contributed by atoms with Gasteiger partial charge >= 0.3 is 17.8 Å². The number of para-hydroxylation sites is 1. The molecule has 0 radical (unpaired) electrons. The van der Waals surface area contributed by atoms with E-state index in [2.05, 4.69) is 26.3 Å². The van der Waals surface area contributed by atoms with E-state index < -0.39 is 135 Å². The van der Waals surface area contributed by atoms with Crippen molar-refractivity contribution in [3.05, 3.63) is 117 Å². The molecular formula is C57H83N9O13Si2. The van der Waals surface area contributed by atoms with E-state index in [1.54, 1.807) is 27.0 Å². The number of urea groups is 1. The van der Waals surface area contributed by atoms with E-state index in [0.717, 1.165) is 37.0 Å². The number of carbonyl (C=O) groups is 6. The summed E-state index contributed by atoms with van der Waals surface area (Å²) >= 11 is 0. The molecule has 2 aliphatic rings. The second kappa shape index (κ2) is 24.7. The number of benzene rings is 2. The minimum atomic E-state index is -2.98. The molecule has 81 heavy (non-hydrogen) atoms. The fourth-order valence-corrected chi connectivity index (χ4v) is 11.2. The summed E-state index contributed by atoms with van der Waals surface area (Å²) in [5, 5.41) is 10.4. The summed E-state index contributed by atoms with van der Waals surface area (Å²) < 4.78 is 35.0. The van der Waals surface area contributed by atoms with E-state index in [9.17, 15) is 28.8 Å². The average Bonchev–Trinajstić information content (AvgIpc) is 3.92. The Morgan fingerprint density at radius 1 is 0.815 bits per heavy atom. The van der Waals surface area contributed by atoms with Crippen molar-refractivity contribution in [3.63, 3.8) is 0 Å². The highest BCUT2D eigenvalue weighted by atomic mass is 28.4. The molecule has 0 spiro atoms. The van der Waals surface area contributed by atoms with Gasteiger partial charge in [-0.05, 0) is 95.0 Å². The number of fused-ring (bicyclic) bond motifs is 1. The van der Waals surface area contributed by atoms with Gasteiger partial charge in [-0.3, -0.25) is 33.4 Å². The zero-order valence-corrected chi connectivity index (χ0v) is 51.8. The first kappa shape index (κ1) is 63.3. The molecule has 7 amide bonds.